The summed E-state index contributed by atoms with van der Waals surface area (Å²) in [7, 11) is 0. The van der Waals surface area contributed by atoms with Crippen molar-refractivity contribution in [3.05, 3.63) is 76.9 Å². The summed E-state index contributed by atoms with van der Waals surface area (Å²) in [5.41, 5.74) is 5.16. The maximum atomic E-state index is 12.5. The lowest BCUT2D eigenvalue weighted by Crippen LogP contribution is -2.12. The maximum absolute atomic E-state index is 12.5. The van der Waals surface area contributed by atoms with Crippen molar-refractivity contribution in [1.29, 1.82) is 0 Å². The Balaban J connectivity index is 1.60. The lowest BCUT2D eigenvalue weighted by atomic mass is 10.0. The Labute approximate surface area is 167 Å². The van der Waals surface area contributed by atoms with Gasteiger partial charge in [0, 0.05) is 16.5 Å². The Morgan fingerprint density at radius 1 is 1.04 bits per heavy atom. The van der Waals surface area contributed by atoms with Crippen molar-refractivity contribution in [2.24, 2.45) is 0 Å². The van der Waals surface area contributed by atoms with Crippen LogP contribution in [0, 0.1) is 6.92 Å². The minimum absolute atomic E-state index is 0.0548. The third kappa shape index (κ3) is 3.66. The highest BCUT2D eigenvalue weighted by Crippen LogP contribution is 2.37. The van der Waals surface area contributed by atoms with E-state index in [0.717, 1.165) is 27.8 Å². The molecule has 28 heavy (non-hydrogen) atoms. The molecular weight excluding hydrogens is 368 g/mol. The SMILES string of the molecule is CCc1ccc(C(=O)COc2ncnc3scc(-c4ccc(C)cc4)c23)cc1. The van der Waals surface area contributed by atoms with Gasteiger partial charge in [0.05, 0.1) is 5.39 Å². The van der Waals surface area contributed by atoms with Crippen LogP contribution in [0.4, 0.5) is 0 Å². The highest BCUT2D eigenvalue weighted by molar-refractivity contribution is 7.17. The Morgan fingerprint density at radius 3 is 2.50 bits per heavy atom. The molecule has 0 N–H and O–H groups in total. The number of hydrogen-bond acceptors (Lipinski definition) is 5. The first kappa shape index (κ1) is 18.3. The number of ether oxygens (including phenoxy) is 1. The predicted octanol–water partition coefficient (Wildman–Crippen LogP) is 5.49. The van der Waals surface area contributed by atoms with Crippen LogP contribution in [0.2, 0.25) is 0 Å². The normalized spacial score (nSPS) is 10.9. The van der Waals surface area contributed by atoms with E-state index in [1.54, 1.807) is 11.3 Å². The molecule has 4 rings (SSSR count). The summed E-state index contributed by atoms with van der Waals surface area (Å²) in [6.45, 7) is 4.10. The number of aromatic nitrogens is 2. The largest absolute Gasteiger partial charge is 0.469 e. The lowest BCUT2D eigenvalue weighted by Gasteiger charge is -2.08. The molecule has 0 amide bonds. The Hall–Kier alpha value is -3.05. The number of benzene rings is 2. The maximum Gasteiger partial charge on any atom is 0.226 e. The predicted molar refractivity (Wildman–Crippen MR) is 113 cm³/mol. The summed E-state index contributed by atoms with van der Waals surface area (Å²) < 4.78 is 5.84. The van der Waals surface area contributed by atoms with Gasteiger partial charge < -0.3 is 4.74 Å². The standard InChI is InChI=1S/C23H20N2O2S/c1-3-16-6-10-18(11-7-16)20(26)12-27-22-21-19(13-28-23(21)25-14-24-22)17-8-4-15(2)5-9-17/h4-11,13-14H,3,12H2,1-2H3. The van der Waals surface area contributed by atoms with Crippen LogP contribution in [0.25, 0.3) is 21.3 Å². The van der Waals surface area contributed by atoms with E-state index in [4.69, 9.17) is 4.74 Å². The molecular formula is C23H20N2O2S. The molecule has 0 saturated carbocycles. The molecule has 0 fully saturated rings. The topological polar surface area (TPSA) is 52.1 Å². The fourth-order valence-corrected chi connectivity index (χ4v) is 3.95. The van der Waals surface area contributed by atoms with E-state index in [-0.39, 0.29) is 12.4 Å². The number of hydrogen-bond donors (Lipinski definition) is 0. The Bertz CT molecular complexity index is 1120. The van der Waals surface area contributed by atoms with Gasteiger partial charge in [0.25, 0.3) is 0 Å². The molecule has 0 saturated heterocycles. The van der Waals surface area contributed by atoms with Gasteiger partial charge >= 0.3 is 0 Å². The monoisotopic (exact) mass is 388 g/mol. The van der Waals surface area contributed by atoms with Crippen LogP contribution in [0.3, 0.4) is 0 Å². The molecule has 0 unspecified atom stereocenters. The average molecular weight is 388 g/mol. The Morgan fingerprint density at radius 2 is 1.79 bits per heavy atom. The molecule has 4 aromatic rings. The second kappa shape index (κ2) is 7.90. The third-order valence-electron chi connectivity index (χ3n) is 4.72. The zero-order valence-electron chi connectivity index (χ0n) is 15.8. The fourth-order valence-electron chi connectivity index (χ4n) is 3.05. The highest BCUT2D eigenvalue weighted by atomic mass is 32.1. The van der Waals surface area contributed by atoms with Crippen molar-refractivity contribution >= 4 is 27.3 Å². The minimum Gasteiger partial charge on any atom is -0.469 e. The quantitative estimate of drug-likeness (QED) is 0.410. The number of carbonyl (C=O) groups excluding carboxylic acids is 1. The molecule has 0 aliphatic rings. The van der Waals surface area contributed by atoms with Gasteiger partial charge in [-0.3, -0.25) is 4.79 Å². The van der Waals surface area contributed by atoms with E-state index in [9.17, 15) is 4.79 Å². The summed E-state index contributed by atoms with van der Waals surface area (Å²) in [6, 6.07) is 16.0. The number of ketones is 1. The number of carbonyl (C=O) groups is 1. The molecule has 2 aromatic carbocycles. The van der Waals surface area contributed by atoms with Crippen molar-refractivity contribution < 1.29 is 9.53 Å². The minimum atomic E-state index is -0.0680. The highest BCUT2D eigenvalue weighted by Gasteiger charge is 2.16. The van der Waals surface area contributed by atoms with E-state index in [0.29, 0.717) is 11.4 Å². The molecule has 0 aliphatic carbocycles. The Kier molecular flexibility index (Phi) is 5.17. The first-order chi connectivity index (χ1) is 13.7. The molecule has 0 bridgehead atoms. The zero-order valence-corrected chi connectivity index (χ0v) is 16.6. The van der Waals surface area contributed by atoms with Gasteiger partial charge in [-0.2, -0.15) is 0 Å². The molecule has 5 heteroatoms. The van der Waals surface area contributed by atoms with Crippen LogP contribution in [0.5, 0.6) is 5.88 Å². The van der Waals surface area contributed by atoms with E-state index in [1.165, 1.54) is 17.5 Å². The van der Waals surface area contributed by atoms with E-state index < -0.39 is 0 Å². The summed E-state index contributed by atoms with van der Waals surface area (Å²) in [6.07, 6.45) is 2.43. The first-order valence-electron chi connectivity index (χ1n) is 9.20. The first-order valence-corrected chi connectivity index (χ1v) is 10.1. The van der Waals surface area contributed by atoms with E-state index in [2.05, 4.69) is 53.5 Å². The van der Waals surface area contributed by atoms with Gasteiger partial charge in [-0.25, -0.2) is 9.97 Å². The second-order valence-electron chi connectivity index (χ2n) is 6.64. The molecule has 0 radical (unpaired) electrons. The molecule has 0 spiro atoms. The van der Waals surface area contributed by atoms with Crippen molar-refractivity contribution in [3.63, 3.8) is 0 Å². The van der Waals surface area contributed by atoms with Gasteiger partial charge in [0.15, 0.2) is 12.4 Å². The number of aryl methyl sites for hydroxylation is 2. The number of fused-ring (bicyclic) bond motifs is 1. The molecule has 0 atom stereocenters. The van der Waals surface area contributed by atoms with E-state index in [1.807, 2.05) is 24.3 Å². The van der Waals surface area contributed by atoms with Crippen LogP contribution in [-0.4, -0.2) is 22.4 Å². The third-order valence-corrected chi connectivity index (χ3v) is 5.61. The number of nitrogens with zero attached hydrogens (tertiary/aromatic N) is 2. The van der Waals surface area contributed by atoms with Crippen LogP contribution < -0.4 is 4.74 Å². The van der Waals surface area contributed by atoms with Crippen LogP contribution in [0.15, 0.2) is 60.2 Å². The van der Waals surface area contributed by atoms with Crippen LogP contribution in [-0.2, 0) is 6.42 Å². The second-order valence-corrected chi connectivity index (χ2v) is 7.49. The fraction of sp³-hybridized carbons (Fsp3) is 0.174. The van der Waals surface area contributed by atoms with Crippen molar-refractivity contribution in [2.75, 3.05) is 6.61 Å². The summed E-state index contributed by atoms with van der Waals surface area (Å²) in [4.78, 5) is 22.0. The smallest absolute Gasteiger partial charge is 0.226 e. The average Bonchev–Trinajstić information content (AvgIpc) is 3.17. The molecule has 2 aromatic heterocycles. The summed E-state index contributed by atoms with van der Waals surface area (Å²) in [5.74, 6) is 0.377. The van der Waals surface area contributed by atoms with Gasteiger partial charge in [0.2, 0.25) is 5.88 Å². The zero-order chi connectivity index (χ0) is 19.5. The summed E-state index contributed by atoms with van der Waals surface area (Å²) in [5, 5.41) is 2.91. The van der Waals surface area contributed by atoms with Crippen molar-refractivity contribution in [3.8, 4) is 17.0 Å². The van der Waals surface area contributed by atoms with Crippen LogP contribution in [0.1, 0.15) is 28.4 Å². The van der Waals surface area contributed by atoms with Gasteiger partial charge in [-0.05, 0) is 24.5 Å². The van der Waals surface area contributed by atoms with E-state index >= 15 is 0 Å². The molecule has 0 aliphatic heterocycles. The van der Waals surface area contributed by atoms with Crippen molar-refractivity contribution in [2.45, 2.75) is 20.3 Å². The van der Waals surface area contributed by atoms with Gasteiger partial charge in [-0.1, -0.05) is 61.0 Å². The molecule has 4 nitrogen and oxygen atoms in total. The number of rotatable bonds is 6. The molecule has 140 valence electrons. The number of thiophene rings is 1. The lowest BCUT2D eigenvalue weighted by molar-refractivity contribution is 0.0919. The van der Waals surface area contributed by atoms with Gasteiger partial charge in [-0.15, -0.1) is 11.3 Å². The van der Waals surface area contributed by atoms with Crippen molar-refractivity contribution in [1.82, 2.24) is 9.97 Å². The molecule has 2 heterocycles. The summed E-state index contributed by atoms with van der Waals surface area (Å²) >= 11 is 1.55. The number of Topliss-reactive ketones (excluding diaryl/α,β-unsaturated/α-hetero) is 1. The van der Waals surface area contributed by atoms with Gasteiger partial charge in [0.1, 0.15) is 11.2 Å². The van der Waals surface area contributed by atoms with Crippen LogP contribution >= 0.6 is 11.3 Å².